The largest absolute Gasteiger partial charge is 0.370 e. The van der Waals surface area contributed by atoms with E-state index in [2.05, 4.69) is 8.75 Å². The molecular formula is C17H15N3O2S. The third-order valence-corrected chi connectivity index (χ3v) is 4.58. The van der Waals surface area contributed by atoms with E-state index in [-0.39, 0.29) is 12.0 Å². The summed E-state index contributed by atoms with van der Waals surface area (Å²) in [5.41, 5.74) is 3.35. The van der Waals surface area contributed by atoms with Crippen LogP contribution in [-0.4, -0.2) is 39.3 Å². The molecule has 1 fully saturated rings. The van der Waals surface area contributed by atoms with Crippen molar-refractivity contribution in [2.75, 3.05) is 19.7 Å². The lowest BCUT2D eigenvalue weighted by Crippen LogP contribution is -2.42. The second-order valence-corrected chi connectivity index (χ2v) is 6.02. The van der Waals surface area contributed by atoms with E-state index < -0.39 is 0 Å². The van der Waals surface area contributed by atoms with Gasteiger partial charge in [0.1, 0.15) is 17.1 Å². The Morgan fingerprint density at radius 2 is 1.96 bits per heavy atom. The van der Waals surface area contributed by atoms with Crippen LogP contribution in [0, 0.1) is 0 Å². The molecule has 1 saturated heterocycles. The molecule has 6 heteroatoms. The molecule has 116 valence electrons. The summed E-state index contributed by atoms with van der Waals surface area (Å²) in [6.45, 7) is 1.72. The van der Waals surface area contributed by atoms with E-state index in [4.69, 9.17) is 4.74 Å². The van der Waals surface area contributed by atoms with Crippen molar-refractivity contribution in [2.45, 2.75) is 6.10 Å². The Balaban J connectivity index is 1.55. The molecule has 0 saturated carbocycles. The van der Waals surface area contributed by atoms with Gasteiger partial charge in [-0.25, -0.2) is 0 Å². The molecule has 0 bridgehead atoms. The van der Waals surface area contributed by atoms with Gasteiger partial charge < -0.3 is 9.64 Å². The Bertz CT molecular complexity index is 834. The second kappa shape index (κ2) is 6.06. The maximum atomic E-state index is 12.8. The van der Waals surface area contributed by atoms with Crippen LogP contribution in [-0.2, 0) is 4.74 Å². The van der Waals surface area contributed by atoms with Crippen LogP contribution < -0.4 is 0 Å². The fourth-order valence-electron chi connectivity index (χ4n) is 2.80. The van der Waals surface area contributed by atoms with E-state index in [0.717, 1.165) is 28.3 Å². The van der Waals surface area contributed by atoms with Crippen molar-refractivity contribution >= 4 is 28.7 Å². The summed E-state index contributed by atoms with van der Waals surface area (Å²) in [6.07, 6.45) is -0.0708. The number of carbonyl (C=O) groups is 1. The van der Waals surface area contributed by atoms with E-state index in [1.807, 2.05) is 53.4 Å². The van der Waals surface area contributed by atoms with Crippen molar-refractivity contribution in [3.63, 3.8) is 0 Å². The molecule has 0 radical (unpaired) electrons. The van der Waals surface area contributed by atoms with Crippen molar-refractivity contribution in [3.8, 4) is 0 Å². The molecule has 3 aromatic rings. The Kier molecular flexibility index (Phi) is 3.77. The first kappa shape index (κ1) is 14.3. The highest BCUT2D eigenvalue weighted by Crippen LogP contribution is 2.23. The first-order valence-corrected chi connectivity index (χ1v) is 8.22. The summed E-state index contributed by atoms with van der Waals surface area (Å²) in [4.78, 5) is 14.6. The van der Waals surface area contributed by atoms with Crippen molar-refractivity contribution < 1.29 is 9.53 Å². The van der Waals surface area contributed by atoms with Gasteiger partial charge in [-0.05, 0) is 23.8 Å². The maximum Gasteiger partial charge on any atom is 0.254 e. The molecular weight excluding hydrogens is 310 g/mol. The molecule has 0 unspecified atom stereocenters. The molecule has 23 heavy (non-hydrogen) atoms. The third kappa shape index (κ3) is 2.83. The quantitative estimate of drug-likeness (QED) is 0.727. The van der Waals surface area contributed by atoms with Crippen LogP contribution in [0.15, 0.2) is 48.5 Å². The number of hydrogen-bond donors (Lipinski definition) is 0. The first-order chi connectivity index (χ1) is 11.3. The Morgan fingerprint density at radius 3 is 2.83 bits per heavy atom. The molecule has 1 aromatic heterocycles. The van der Waals surface area contributed by atoms with Gasteiger partial charge in [0.15, 0.2) is 0 Å². The predicted octanol–water partition coefficient (Wildman–Crippen LogP) is 2.91. The van der Waals surface area contributed by atoms with Crippen LogP contribution in [0.4, 0.5) is 0 Å². The van der Waals surface area contributed by atoms with Gasteiger partial charge in [-0.15, -0.1) is 0 Å². The summed E-state index contributed by atoms with van der Waals surface area (Å²) in [6, 6.07) is 15.5. The Morgan fingerprint density at radius 1 is 1.13 bits per heavy atom. The van der Waals surface area contributed by atoms with Crippen LogP contribution in [0.5, 0.6) is 0 Å². The highest BCUT2D eigenvalue weighted by Gasteiger charge is 2.26. The number of rotatable bonds is 2. The van der Waals surface area contributed by atoms with Crippen LogP contribution in [0.3, 0.4) is 0 Å². The third-order valence-electron chi connectivity index (χ3n) is 4.03. The normalized spacial score (nSPS) is 18.3. The van der Waals surface area contributed by atoms with Crippen LogP contribution in [0.2, 0.25) is 0 Å². The minimum absolute atomic E-state index is 0.0177. The molecule has 0 spiro atoms. The Hall–Kier alpha value is -2.31. The first-order valence-electron chi connectivity index (χ1n) is 7.49. The van der Waals surface area contributed by atoms with E-state index in [9.17, 15) is 4.79 Å². The van der Waals surface area contributed by atoms with Gasteiger partial charge in [-0.1, -0.05) is 30.3 Å². The van der Waals surface area contributed by atoms with Gasteiger partial charge >= 0.3 is 0 Å². The molecule has 1 amide bonds. The van der Waals surface area contributed by atoms with Crippen LogP contribution in [0.1, 0.15) is 22.0 Å². The second-order valence-electron chi connectivity index (χ2n) is 5.49. The standard InChI is InChI=1S/C17H15N3O2S/c21-17(13-6-7-14-15(10-13)19-23-18-14)20-8-9-22-16(11-20)12-4-2-1-3-5-12/h1-7,10,16H,8-9,11H2/t16-/m0/s1. The van der Waals surface area contributed by atoms with Crippen LogP contribution >= 0.6 is 11.7 Å². The SMILES string of the molecule is O=C(c1ccc2nsnc2c1)N1CCO[C@H](c2ccccc2)C1. The number of amides is 1. The number of fused-ring (bicyclic) bond motifs is 1. The van der Waals surface area contributed by atoms with Gasteiger partial charge in [0.2, 0.25) is 0 Å². The lowest BCUT2D eigenvalue weighted by Gasteiger charge is -2.33. The summed E-state index contributed by atoms with van der Waals surface area (Å²) in [7, 11) is 0. The van der Waals surface area contributed by atoms with E-state index in [1.165, 1.54) is 0 Å². The van der Waals surface area contributed by atoms with E-state index in [1.54, 1.807) is 0 Å². The number of carbonyl (C=O) groups excluding carboxylic acids is 1. The lowest BCUT2D eigenvalue weighted by atomic mass is 10.1. The van der Waals surface area contributed by atoms with Gasteiger partial charge in [-0.2, -0.15) is 8.75 Å². The topological polar surface area (TPSA) is 55.3 Å². The molecule has 2 aromatic carbocycles. The summed E-state index contributed by atoms with van der Waals surface area (Å²) in [5.74, 6) is 0.0177. The summed E-state index contributed by atoms with van der Waals surface area (Å²) in [5, 5.41) is 0. The number of morpholine rings is 1. The predicted molar refractivity (Wildman–Crippen MR) is 88.5 cm³/mol. The molecule has 1 aliphatic heterocycles. The van der Waals surface area contributed by atoms with Crippen molar-refractivity contribution in [3.05, 3.63) is 59.7 Å². The fraction of sp³-hybridized carbons (Fsp3) is 0.235. The number of nitrogens with zero attached hydrogens (tertiary/aromatic N) is 3. The minimum Gasteiger partial charge on any atom is -0.370 e. The summed E-state index contributed by atoms with van der Waals surface area (Å²) >= 11 is 1.16. The van der Waals surface area contributed by atoms with Gasteiger partial charge in [0, 0.05) is 12.1 Å². The number of benzene rings is 2. The van der Waals surface area contributed by atoms with Crippen molar-refractivity contribution in [1.29, 1.82) is 0 Å². The lowest BCUT2D eigenvalue weighted by molar-refractivity contribution is -0.0228. The monoisotopic (exact) mass is 325 g/mol. The maximum absolute atomic E-state index is 12.8. The highest BCUT2D eigenvalue weighted by molar-refractivity contribution is 7.00. The van der Waals surface area contributed by atoms with Crippen molar-refractivity contribution in [1.82, 2.24) is 13.6 Å². The number of ether oxygens (including phenoxy) is 1. The highest BCUT2D eigenvalue weighted by atomic mass is 32.1. The summed E-state index contributed by atoms with van der Waals surface area (Å²) < 4.78 is 14.2. The zero-order valence-electron chi connectivity index (χ0n) is 12.4. The average molecular weight is 325 g/mol. The van der Waals surface area contributed by atoms with Gasteiger partial charge in [0.05, 0.1) is 24.9 Å². The van der Waals surface area contributed by atoms with Crippen molar-refractivity contribution in [2.24, 2.45) is 0 Å². The molecule has 1 atom stereocenters. The zero-order chi connectivity index (χ0) is 15.6. The molecule has 0 aliphatic carbocycles. The minimum atomic E-state index is -0.0708. The van der Waals surface area contributed by atoms with Crippen LogP contribution in [0.25, 0.3) is 11.0 Å². The molecule has 4 rings (SSSR count). The van der Waals surface area contributed by atoms with Gasteiger partial charge in [-0.3, -0.25) is 4.79 Å². The van der Waals surface area contributed by atoms with Gasteiger partial charge in [0.25, 0.3) is 5.91 Å². The average Bonchev–Trinajstić information content (AvgIpc) is 3.09. The number of hydrogen-bond acceptors (Lipinski definition) is 5. The number of aromatic nitrogens is 2. The molecule has 1 aliphatic rings. The molecule has 0 N–H and O–H groups in total. The molecule has 2 heterocycles. The zero-order valence-corrected chi connectivity index (χ0v) is 13.2. The fourth-order valence-corrected chi connectivity index (χ4v) is 3.32. The van der Waals surface area contributed by atoms with E-state index in [0.29, 0.717) is 25.3 Å². The Labute approximate surface area is 137 Å². The smallest absolute Gasteiger partial charge is 0.254 e. The van der Waals surface area contributed by atoms with E-state index >= 15 is 0 Å². The molecule has 5 nitrogen and oxygen atoms in total.